The lowest BCUT2D eigenvalue weighted by Gasteiger charge is -2.13. The number of hydrogen-bond acceptors (Lipinski definition) is 5. The second-order valence-electron chi connectivity index (χ2n) is 6.45. The van der Waals surface area contributed by atoms with Crippen molar-refractivity contribution in [1.82, 2.24) is 10.3 Å². The Bertz CT molecular complexity index is 1250. The van der Waals surface area contributed by atoms with Crippen LogP contribution in [0.1, 0.15) is 27.0 Å². The molecular formula is C21H17ClN4O3S. The number of aromatic nitrogens is 1. The van der Waals surface area contributed by atoms with Crippen LogP contribution < -0.4 is 10.0 Å². The smallest absolute Gasteiger partial charge is 0.262 e. The van der Waals surface area contributed by atoms with Gasteiger partial charge in [-0.05, 0) is 48.4 Å². The molecule has 0 unspecified atom stereocenters. The summed E-state index contributed by atoms with van der Waals surface area (Å²) in [5, 5.41) is 11.9. The van der Waals surface area contributed by atoms with Gasteiger partial charge in [0, 0.05) is 17.8 Å². The Morgan fingerprint density at radius 3 is 2.63 bits per heavy atom. The minimum Gasteiger partial charge on any atom is -0.348 e. The van der Waals surface area contributed by atoms with E-state index in [4.69, 9.17) is 16.9 Å². The molecule has 0 bridgehead atoms. The molecule has 9 heteroatoms. The number of sulfonamides is 1. The van der Waals surface area contributed by atoms with Gasteiger partial charge in [-0.3, -0.25) is 14.5 Å². The number of hydrogen-bond donors (Lipinski definition) is 2. The molecule has 0 aliphatic carbocycles. The van der Waals surface area contributed by atoms with Crippen LogP contribution in [0.3, 0.4) is 0 Å². The van der Waals surface area contributed by atoms with Gasteiger partial charge in [0.05, 0.1) is 29.1 Å². The van der Waals surface area contributed by atoms with Gasteiger partial charge in [0.15, 0.2) is 0 Å². The fraction of sp³-hybridized carbons (Fsp3) is 0.0952. The standard InChI is InChI=1S/C21H17ClN4O3S/c1-14-8-17(13-24-11-14)26-30(28,29)20-5-3-2-4-18(20)21(27)25-12-16-7-6-15(10-23)9-19(16)22/h2-9,11,13,26H,12H2,1H3,(H,25,27). The minimum absolute atomic E-state index is 0.00428. The molecule has 0 radical (unpaired) electrons. The first-order valence-electron chi connectivity index (χ1n) is 8.80. The lowest BCUT2D eigenvalue weighted by Crippen LogP contribution is -2.26. The number of halogens is 1. The minimum atomic E-state index is -4.02. The molecule has 0 saturated carbocycles. The van der Waals surface area contributed by atoms with Crippen molar-refractivity contribution >= 4 is 33.2 Å². The number of carbonyl (C=O) groups excluding carboxylic acids is 1. The van der Waals surface area contributed by atoms with E-state index in [1.165, 1.54) is 30.5 Å². The molecule has 2 N–H and O–H groups in total. The normalized spacial score (nSPS) is 10.8. The van der Waals surface area contributed by atoms with Crippen molar-refractivity contribution in [1.29, 1.82) is 5.26 Å². The third-order valence-electron chi connectivity index (χ3n) is 4.17. The first kappa shape index (κ1) is 21.3. The van der Waals surface area contributed by atoms with E-state index in [0.29, 0.717) is 21.8 Å². The Balaban J connectivity index is 1.82. The zero-order valence-corrected chi connectivity index (χ0v) is 17.5. The highest BCUT2D eigenvalue weighted by Crippen LogP contribution is 2.21. The Kier molecular flexibility index (Phi) is 6.35. The van der Waals surface area contributed by atoms with Gasteiger partial charge in [-0.1, -0.05) is 29.8 Å². The third kappa shape index (κ3) is 4.95. The zero-order valence-electron chi connectivity index (χ0n) is 15.9. The van der Waals surface area contributed by atoms with E-state index >= 15 is 0 Å². The molecule has 1 aromatic heterocycles. The van der Waals surface area contributed by atoms with Crippen LogP contribution in [-0.4, -0.2) is 19.3 Å². The largest absolute Gasteiger partial charge is 0.348 e. The number of anilines is 1. The van der Waals surface area contributed by atoms with Gasteiger partial charge in [-0.15, -0.1) is 0 Å². The van der Waals surface area contributed by atoms with E-state index in [-0.39, 0.29) is 17.0 Å². The predicted octanol–water partition coefficient (Wildman–Crippen LogP) is 3.65. The average molecular weight is 441 g/mol. The Morgan fingerprint density at radius 2 is 1.93 bits per heavy atom. The summed E-state index contributed by atoms with van der Waals surface area (Å²) in [4.78, 5) is 16.5. The number of benzene rings is 2. The Hall–Kier alpha value is -3.41. The fourth-order valence-electron chi connectivity index (χ4n) is 2.74. The maximum Gasteiger partial charge on any atom is 0.262 e. The van der Waals surface area contributed by atoms with E-state index in [0.717, 1.165) is 5.56 Å². The van der Waals surface area contributed by atoms with Gasteiger partial charge in [0.1, 0.15) is 4.90 Å². The molecule has 1 heterocycles. The van der Waals surface area contributed by atoms with Crippen molar-refractivity contribution in [2.24, 2.45) is 0 Å². The number of pyridine rings is 1. The van der Waals surface area contributed by atoms with Crippen molar-refractivity contribution in [3.8, 4) is 6.07 Å². The summed E-state index contributed by atoms with van der Waals surface area (Å²) in [6.45, 7) is 1.87. The molecule has 0 atom stereocenters. The number of nitrogens with one attached hydrogen (secondary N) is 2. The van der Waals surface area contributed by atoms with Gasteiger partial charge in [0.2, 0.25) is 0 Å². The summed E-state index contributed by atoms with van der Waals surface area (Å²) in [5.41, 5.74) is 2.10. The fourth-order valence-corrected chi connectivity index (χ4v) is 4.23. The van der Waals surface area contributed by atoms with E-state index < -0.39 is 15.9 Å². The molecule has 3 aromatic rings. The van der Waals surface area contributed by atoms with Crippen LogP contribution >= 0.6 is 11.6 Å². The van der Waals surface area contributed by atoms with E-state index in [1.54, 1.807) is 37.4 Å². The summed E-state index contributed by atoms with van der Waals surface area (Å²) < 4.78 is 28.2. The lowest BCUT2D eigenvalue weighted by molar-refractivity contribution is 0.0947. The number of nitriles is 1. The highest BCUT2D eigenvalue weighted by Gasteiger charge is 2.22. The summed E-state index contributed by atoms with van der Waals surface area (Å²) in [5.74, 6) is -0.571. The third-order valence-corrected chi connectivity index (χ3v) is 5.96. The average Bonchev–Trinajstić information content (AvgIpc) is 2.72. The summed E-state index contributed by atoms with van der Waals surface area (Å²) >= 11 is 6.13. The van der Waals surface area contributed by atoms with Crippen LogP contribution in [0.4, 0.5) is 5.69 Å². The molecule has 7 nitrogen and oxygen atoms in total. The van der Waals surface area contributed by atoms with Crippen molar-refractivity contribution in [2.75, 3.05) is 4.72 Å². The molecule has 0 spiro atoms. The van der Waals surface area contributed by atoms with E-state index in [9.17, 15) is 13.2 Å². The molecule has 0 aliphatic heterocycles. The van der Waals surface area contributed by atoms with Crippen LogP contribution in [-0.2, 0) is 16.6 Å². The second-order valence-corrected chi connectivity index (χ2v) is 8.51. The van der Waals surface area contributed by atoms with Crippen LogP contribution in [0.15, 0.2) is 65.8 Å². The zero-order chi connectivity index (χ0) is 21.7. The van der Waals surface area contributed by atoms with Crippen LogP contribution in [0.2, 0.25) is 5.02 Å². The van der Waals surface area contributed by atoms with Gasteiger partial charge >= 0.3 is 0 Å². The predicted molar refractivity (Wildman–Crippen MR) is 114 cm³/mol. The molecule has 3 rings (SSSR count). The summed E-state index contributed by atoms with van der Waals surface area (Å²) in [6, 6.07) is 14.3. The number of nitrogens with zero attached hydrogens (tertiary/aromatic N) is 2. The maximum absolute atomic E-state index is 12.9. The molecule has 0 saturated heterocycles. The van der Waals surface area contributed by atoms with Crippen molar-refractivity contribution in [2.45, 2.75) is 18.4 Å². The lowest BCUT2D eigenvalue weighted by atomic mass is 10.1. The molecule has 2 aromatic carbocycles. The number of rotatable bonds is 6. The Labute approximate surface area is 179 Å². The first-order chi connectivity index (χ1) is 14.3. The van der Waals surface area contributed by atoms with Gasteiger partial charge in [-0.2, -0.15) is 5.26 Å². The van der Waals surface area contributed by atoms with Gasteiger partial charge < -0.3 is 5.32 Å². The molecule has 0 fully saturated rings. The SMILES string of the molecule is Cc1cncc(NS(=O)(=O)c2ccccc2C(=O)NCc2ccc(C#N)cc2Cl)c1. The van der Waals surface area contributed by atoms with E-state index in [2.05, 4.69) is 15.0 Å². The van der Waals surface area contributed by atoms with E-state index in [1.807, 2.05) is 6.07 Å². The number of amides is 1. The van der Waals surface area contributed by atoms with Crippen LogP contribution in [0.5, 0.6) is 0 Å². The molecular weight excluding hydrogens is 424 g/mol. The second kappa shape index (κ2) is 8.95. The van der Waals surface area contributed by atoms with Crippen LogP contribution in [0.25, 0.3) is 0 Å². The Morgan fingerprint density at radius 1 is 1.17 bits per heavy atom. The molecule has 0 aliphatic rings. The summed E-state index contributed by atoms with van der Waals surface area (Å²) in [7, 11) is -4.02. The molecule has 152 valence electrons. The molecule has 1 amide bonds. The van der Waals surface area contributed by atoms with Gasteiger partial charge in [-0.25, -0.2) is 8.42 Å². The summed E-state index contributed by atoms with van der Waals surface area (Å²) in [6.07, 6.45) is 2.99. The highest BCUT2D eigenvalue weighted by molar-refractivity contribution is 7.92. The highest BCUT2D eigenvalue weighted by atomic mass is 35.5. The van der Waals surface area contributed by atoms with Crippen molar-refractivity contribution in [3.63, 3.8) is 0 Å². The maximum atomic E-state index is 12.9. The quantitative estimate of drug-likeness (QED) is 0.607. The first-order valence-corrected chi connectivity index (χ1v) is 10.7. The van der Waals surface area contributed by atoms with Crippen LogP contribution in [0, 0.1) is 18.3 Å². The number of carbonyl (C=O) groups is 1. The van der Waals surface area contributed by atoms with Gasteiger partial charge in [0.25, 0.3) is 15.9 Å². The topological polar surface area (TPSA) is 112 Å². The molecule has 30 heavy (non-hydrogen) atoms. The van der Waals surface area contributed by atoms with Crippen molar-refractivity contribution in [3.05, 3.63) is 88.2 Å². The monoisotopic (exact) mass is 440 g/mol. The number of aryl methyl sites for hydroxylation is 1. The van der Waals surface area contributed by atoms with Crippen molar-refractivity contribution < 1.29 is 13.2 Å².